The Morgan fingerprint density at radius 3 is 2.90 bits per heavy atom. The SMILES string of the molecule is CCCNc1c(F)cccc1C(=O)Nc1cc(C)no1. The molecule has 1 amide bonds. The second-order valence-electron chi connectivity index (χ2n) is 4.38. The molecule has 0 atom stereocenters. The van der Waals surface area contributed by atoms with Crippen molar-refractivity contribution in [3.63, 3.8) is 0 Å². The summed E-state index contributed by atoms with van der Waals surface area (Å²) < 4.78 is 18.7. The third-order valence-electron chi connectivity index (χ3n) is 2.67. The maximum Gasteiger partial charge on any atom is 0.260 e. The largest absolute Gasteiger partial charge is 0.382 e. The Morgan fingerprint density at radius 1 is 1.45 bits per heavy atom. The van der Waals surface area contributed by atoms with Crippen molar-refractivity contribution in [3.05, 3.63) is 41.3 Å². The maximum atomic E-state index is 13.8. The van der Waals surface area contributed by atoms with Crippen molar-refractivity contribution in [3.8, 4) is 0 Å². The first-order valence-electron chi connectivity index (χ1n) is 6.39. The van der Waals surface area contributed by atoms with Gasteiger partial charge in [0.2, 0.25) is 5.88 Å². The summed E-state index contributed by atoms with van der Waals surface area (Å²) in [5.41, 5.74) is 1.08. The normalized spacial score (nSPS) is 10.3. The zero-order chi connectivity index (χ0) is 14.5. The van der Waals surface area contributed by atoms with Gasteiger partial charge in [0.1, 0.15) is 5.82 Å². The number of nitrogens with one attached hydrogen (secondary N) is 2. The lowest BCUT2D eigenvalue weighted by Crippen LogP contribution is -2.15. The molecule has 0 aliphatic heterocycles. The maximum absolute atomic E-state index is 13.8. The van der Waals surface area contributed by atoms with Crippen molar-refractivity contribution in [2.24, 2.45) is 0 Å². The molecule has 0 saturated heterocycles. The topological polar surface area (TPSA) is 67.2 Å². The molecule has 1 heterocycles. The van der Waals surface area contributed by atoms with E-state index in [2.05, 4.69) is 15.8 Å². The molecular formula is C14H16FN3O2. The number of para-hydroxylation sites is 1. The Morgan fingerprint density at radius 2 is 2.25 bits per heavy atom. The Bertz CT molecular complexity index is 610. The summed E-state index contributed by atoms with van der Waals surface area (Å²) in [6, 6.07) is 5.95. The minimum Gasteiger partial charge on any atom is -0.382 e. The summed E-state index contributed by atoms with van der Waals surface area (Å²) in [6.45, 7) is 4.29. The highest BCUT2D eigenvalue weighted by molar-refractivity contribution is 6.07. The van der Waals surface area contributed by atoms with Gasteiger partial charge >= 0.3 is 0 Å². The molecule has 0 aliphatic rings. The number of carbonyl (C=O) groups is 1. The molecule has 0 radical (unpaired) electrons. The highest BCUT2D eigenvalue weighted by Crippen LogP contribution is 2.21. The van der Waals surface area contributed by atoms with Crippen molar-refractivity contribution >= 4 is 17.5 Å². The molecule has 0 unspecified atom stereocenters. The molecule has 0 spiro atoms. The zero-order valence-electron chi connectivity index (χ0n) is 11.4. The van der Waals surface area contributed by atoms with Crippen LogP contribution in [0.15, 0.2) is 28.8 Å². The molecule has 20 heavy (non-hydrogen) atoms. The molecule has 2 N–H and O–H groups in total. The lowest BCUT2D eigenvalue weighted by molar-refractivity contribution is 0.102. The Hall–Kier alpha value is -2.37. The van der Waals surface area contributed by atoms with Crippen LogP contribution in [0.4, 0.5) is 16.0 Å². The van der Waals surface area contributed by atoms with Crippen LogP contribution in [0.25, 0.3) is 0 Å². The first-order valence-corrected chi connectivity index (χ1v) is 6.39. The van der Waals surface area contributed by atoms with Gasteiger partial charge < -0.3 is 9.84 Å². The third kappa shape index (κ3) is 3.14. The van der Waals surface area contributed by atoms with Gasteiger partial charge in [0.25, 0.3) is 5.91 Å². The standard InChI is InChI=1S/C14H16FN3O2/c1-3-7-16-13-10(5-4-6-11(13)15)14(19)17-12-8-9(2)18-20-12/h4-6,8,16H,3,7H2,1-2H3,(H,17,19). The number of nitrogens with zero attached hydrogens (tertiary/aromatic N) is 1. The van der Waals surface area contributed by atoms with Crippen LogP contribution in [0.2, 0.25) is 0 Å². The number of halogens is 1. The van der Waals surface area contributed by atoms with Gasteiger partial charge in [-0.25, -0.2) is 4.39 Å². The number of rotatable bonds is 5. The highest BCUT2D eigenvalue weighted by atomic mass is 19.1. The molecule has 106 valence electrons. The lowest BCUT2D eigenvalue weighted by atomic mass is 10.1. The van der Waals surface area contributed by atoms with Crippen molar-refractivity contribution < 1.29 is 13.7 Å². The Labute approximate surface area is 116 Å². The quantitative estimate of drug-likeness (QED) is 0.880. The average Bonchev–Trinajstić information content (AvgIpc) is 2.82. The van der Waals surface area contributed by atoms with Crippen LogP contribution >= 0.6 is 0 Å². The lowest BCUT2D eigenvalue weighted by Gasteiger charge is -2.11. The number of benzene rings is 1. The van der Waals surface area contributed by atoms with Crippen molar-refractivity contribution in [2.75, 3.05) is 17.2 Å². The monoisotopic (exact) mass is 277 g/mol. The van der Waals surface area contributed by atoms with E-state index in [0.717, 1.165) is 6.42 Å². The molecule has 2 aromatic rings. The van der Waals surface area contributed by atoms with Crippen molar-refractivity contribution in [1.29, 1.82) is 0 Å². The van der Waals surface area contributed by atoms with Crippen LogP contribution in [0.1, 0.15) is 29.4 Å². The number of aryl methyl sites for hydroxylation is 1. The molecule has 1 aromatic carbocycles. The van der Waals surface area contributed by atoms with Gasteiger partial charge in [0, 0.05) is 12.6 Å². The number of anilines is 2. The van der Waals surface area contributed by atoms with Gasteiger partial charge in [-0.3, -0.25) is 10.1 Å². The molecule has 0 fully saturated rings. The third-order valence-corrected chi connectivity index (χ3v) is 2.67. The highest BCUT2D eigenvalue weighted by Gasteiger charge is 2.16. The summed E-state index contributed by atoms with van der Waals surface area (Å²) in [6.07, 6.45) is 0.830. The van der Waals surface area contributed by atoms with Crippen molar-refractivity contribution in [1.82, 2.24) is 5.16 Å². The first-order chi connectivity index (χ1) is 9.61. The van der Waals surface area contributed by atoms with E-state index in [9.17, 15) is 9.18 Å². The van der Waals surface area contributed by atoms with Crippen LogP contribution in [0.5, 0.6) is 0 Å². The van der Waals surface area contributed by atoms with E-state index in [1.54, 1.807) is 19.1 Å². The second kappa shape index (κ2) is 6.18. The van der Waals surface area contributed by atoms with Gasteiger partial charge in [-0.1, -0.05) is 18.1 Å². The summed E-state index contributed by atoms with van der Waals surface area (Å²) >= 11 is 0. The Kier molecular flexibility index (Phi) is 4.34. The number of hydrogen-bond donors (Lipinski definition) is 2. The predicted molar refractivity (Wildman–Crippen MR) is 74.4 cm³/mol. The minimum absolute atomic E-state index is 0.197. The fourth-order valence-electron chi connectivity index (χ4n) is 1.74. The molecule has 6 heteroatoms. The molecular weight excluding hydrogens is 261 g/mol. The van der Waals surface area contributed by atoms with Gasteiger partial charge in [-0.2, -0.15) is 0 Å². The fourth-order valence-corrected chi connectivity index (χ4v) is 1.74. The van der Waals surface area contributed by atoms with E-state index in [-0.39, 0.29) is 17.1 Å². The van der Waals surface area contributed by atoms with Gasteiger partial charge in [-0.05, 0) is 25.5 Å². The fraction of sp³-hybridized carbons (Fsp3) is 0.286. The molecule has 2 rings (SSSR count). The van der Waals surface area contributed by atoms with Gasteiger partial charge in [0.15, 0.2) is 0 Å². The van der Waals surface area contributed by atoms with Crippen molar-refractivity contribution in [2.45, 2.75) is 20.3 Å². The number of carbonyl (C=O) groups excluding carboxylic acids is 1. The summed E-state index contributed by atoms with van der Waals surface area (Å²) in [5.74, 6) is -0.669. The number of aromatic nitrogens is 1. The smallest absolute Gasteiger partial charge is 0.260 e. The van der Waals surface area contributed by atoms with E-state index < -0.39 is 11.7 Å². The summed E-state index contributed by atoms with van der Waals surface area (Å²) in [5, 5.41) is 9.14. The summed E-state index contributed by atoms with van der Waals surface area (Å²) in [7, 11) is 0. The van der Waals surface area contributed by atoms with E-state index in [1.165, 1.54) is 12.1 Å². The molecule has 1 aromatic heterocycles. The summed E-state index contributed by atoms with van der Waals surface area (Å²) in [4.78, 5) is 12.2. The molecule has 0 aliphatic carbocycles. The number of amides is 1. The van der Waals surface area contributed by atoms with E-state index in [4.69, 9.17) is 4.52 Å². The predicted octanol–water partition coefficient (Wildman–Crippen LogP) is 3.20. The Balaban J connectivity index is 2.22. The molecule has 0 saturated carbocycles. The zero-order valence-corrected chi connectivity index (χ0v) is 11.4. The molecule has 0 bridgehead atoms. The second-order valence-corrected chi connectivity index (χ2v) is 4.38. The number of hydrogen-bond acceptors (Lipinski definition) is 4. The minimum atomic E-state index is -0.458. The van der Waals surface area contributed by atoms with Crippen LogP contribution in [-0.4, -0.2) is 17.6 Å². The van der Waals surface area contributed by atoms with E-state index >= 15 is 0 Å². The van der Waals surface area contributed by atoms with Crippen LogP contribution < -0.4 is 10.6 Å². The van der Waals surface area contributed by atoms with Crippen LogP contribution in [0, 0.1) is 12.7 Å². The van der Waals surface area contributed by atoms with Crippen LogP contribution in [0.3, 0.4) is 0 Å². The first kappa shape index (κ1) is 14.0. The van der Waals surface area contributed by atoms with E-state index in [0.29, 0.717) is 12.2 Å². The van der Waals surface area contributed by atoms with Crippen LogP contribution in [-0.2, 0) is 0 Å². The van der Waals surface area contributed by atoms with E-state index in [1.807, 2.05) is 6.92 Å². The average molecular weight is 277 g/mol. The van der Waals surface area contributed by atoms with Gasteiger partial charge in [-0.15, -0.1) is 0 Å². The molecule has 5 nitrogen and oxygen atoms in total. The van der Waals surface area contributed by atoms with Gasteiger partial charge in [0.05, 0.1) is 16.9 Å².